The summed E-state index contributed by atoms with van der Waals surface area (Å²) in [6.07, 6.45) is 5.12. The Bertz CT molecular complexity index is 513. The predicted molar refractivity (Wildman–Crippen MR) is 74.9 cm³/mol. The lowest BCUT2D eigenvalue weighted by molar-refractivity contribution is -0.384. The van der Waals surface area contributed by atoms with Crippen molar-refractivity contribution in [1.82, 2.24) is 0 Å². The molecule has 0 bridgehead atoms. The lowest BCUT2D eigenvalue weighted by Gasteiger charge is -2.15. The fourth-order valence-electron chi connectivity index (χ4n) is 2.75. The number of nitrogens with zero attached hydrogens (tertiary/aromatic N) is 1. The lowest BCUT2D eigenvalue weighted by Crippen LogP contribution is -2.15. The van der Waals surface area contributed by atoms with Gasteiger partial charge in [-0.15, -0.1) is 0 Å². The first-order chi connectivity index (χ1) is 9.61. The lowest BCUT2D eigenvalue weighted by atomic mass is 9.91. The molecule has 0 amide bonds. The van der Waals surface area contributed by atoms with Gasteiger partial charge in [0.05, 0.1) is 12.0 Å². The van der Waals surface area contributed by atoms with E-state index in [9.17, 15) is 14.9 Å². The maximum Gasteiger partial charge on any atom is 0.269 e. The summed E-state index contributed by atoms with van der Waals surface area (Å²) in [5.74, 6) is 0.858. The summed E-state index contributed by atoms with van der Waals surface area (Å²) >= 11 is 0. The average Bonchev–Trinajstić information content (AvgIpc) is 2.64. The normalized spacial score (nSPS) is 19.4. The van der Waals surface area contributed by atoms with E-state index in [0.29, 0.717) is 18.6 Å². The van der Waals surface area contributed by atoms with Gasteiger partial charge < -0.3 is 4.74 Å². The second kappa shape index (κ2) is 6.50. The summed E-state index contributed by atoms with van der Waals surface area (Å²) in [4.78, 5) is 22.5. The van der Waals surface area contributed by atoms with Crippen molar-refractivity contribution in [2.75, 3.05) is 7.11 Å². The van der Waals surface area contributed by atoms with Crippen LogP contribution < -0.4 is 4.74 Å². The first-order valence-electron chi connectivity index (χ1n) is 6.96. The summed E-state index contributed by atoms with van der Waals surface area (Å²) in [5.41, 5.74) is 0.795. The van der Waals surface area contributed by atoms with Gasteiger partial charge >= 0.3 is 0 Å². The molecule has 1 aliphatic carbocycles. The molecule has 0 heterocycles. The van der Waals surface area contributed by atoms with E-state index in [1.54, 1.807) is 13.2 Å². The number of non-ortho nitro benzene ring substituents is 1. The fraction of sp³-hybridized carbons (Fsp3) is 0.533. The Balaban J connectivity index is 2.23. The molecule has 1 aromatic carbocycles. The van der Waals surface area contributed by atoms with Crippen molar-refractivity contribution in [3.63, 3.8) is 0 Å². The van der Waals surface area contributed by atoms with Crippen LogP contribution >= 0.6 is 0 Å². The van der Waals surface area contributed by atoms with Crippen LogP contribution in [0.3, 0.4) is 0 Å². The number of benzene rings is 1. The van der Waals surface area contributed by atoms with E-state index in [2.05, 4.69) is 0 Å². The topological polar surface area (TPSA) is 69.4 Å². The molecule has 108 valence electrons. The molecule has 1 aliphatic rings. The maximum absolute atomic E-state index is 12.1. The number of hydrogen-bond acceptors (Lipinski definition) is 4. The zero-order valence-electron chi connectivity index (χ0n) is 11.6. The standard InChI is InChI=1S/C15H19NO4/c1-20-15-8-7-13(16(18)19)10-12(15)9-11-5-3-2-4-6-14(11)17/h7-8,10-11H,2-6,9H2,1H3. The van der Waals surface area contributed by atoms with Crippen molar-refractivity contribution >= 4 is 11.5 Å². The quantitative estimate of drug-likeness (QED) is 0.481. The van der Waals surface area contributed by atoms with Gasteiger partial charge in [0.15, 0.2) is 0 Å². The summed E-state index contributed by atoms with van der Waals surface area (Å²) in [6, 6.07) is 4.56. The van der Waals surface area contributed by atoms with Crippen LogP contribution in [0.4, 0.5) is 5.69 Å². The minimum Gasteiger partial charge on any atom is -0.496 e. The van der Waals surface area contributed by atoms with Crippen molar-refractivity contribution < 1.29 is 14.5 Å². The van der Waals surface area contributed by atoms with E-state index in [1.807, 2.05) is 0 Å². The van der Waals surface area contributed by atoms with E-state index < -0.39 is 4.92 Å². The number of carbonyl (C=O) groups excluding carboxylic acids is 1. The van der Waals surface area contributed by atoms with Gasteiger partial charge in [-0.05, 0) is 25.3 Å². The SMILES string of the molecule is COc1ccc([N+](=O)[O-])cc1CC1CCCCCC1=O. The molecular formula is C15H19NO4. The van der Waals surface area contributed by atoms with Crippen LogP contribution in [0.5, 0.6) is 5.75 Å². The molecule has 20 heavy (non-hydrogen) atoms. The Kier molecular flexibility index (Phi) is 4.71. The number of ketones is 1. The summed E-state index contributed by atoms with van der Waals surface area (Å²) in [6.45, 7) is 0. The minimum absolute atomic E-state index is 0.0339. The van der Waals surface area contributed by atoms with Gasteiger partial charge in [-0.1, -0.05) is 12.8 Å². The number of nitro groups is 1. The monoisotopic (exact) mass is 277 g/mol. The third kappa shape index (κ3) is 3.35. The van der Waals surface area contributed by atoms with E-state index in [1.165, 1.54) is 12.1 Å². The second-order valence-corrected chi connectivity index (χ2v) is 5.22. The van der Waals surface area contributed by atoms with E-state index in [0.717, 1.165) is 31.2 Å². The van der Waals surface area contributed by atoms with Crippen LogP contribution in [0.25, 0.3) is 0 Å². The van der Waals surface area contributed by atoms with Crippen LogP contribution in [0.15, 0.2) is 18.2 Å². The number of hydrogen-bond donors (Lipinski definition) is 0. The number of nitro benzene ring substituents is 1. The van der Waals surface area contributed by atoms with E-state index in [-0.39, 0.29) is 17.4 Å². The molecule has 5 heteroatoms. The van der Waals surface area contributed by atoms with Crippen LogP contribution in [0, 0.1) is 16.0 Å². The Morgan fingerprint density at radius 2 is 2.15 bits per heavy atom. The van der Waals surface area contributed by atoms with Crippen LogP contribution in [0.1, 0.15) is 37.7 Å². The van der Waals surface area contributed by atoms with Crippen molar-refractivity contribution in [1.29, 1.82) is 0 Å². The molecule has 0 aromatic heterocycles. The van der Waals surface area contributed by atoms with Crippen LogP contribution in [-0.4, -0.2) is 17.8 Å². The zero-order valence-corrected chi connectivity index (χ0v) is 11.6. The van der Waals surface area contributed by atoms with Gasteiger partial charge in [-0.2, -0.15) is 0 Å². The van der Waals surface area contributed by atoms with Gasteiger partial charge in [-0.25, -0.2) is 0 Å². The molecule has 1 aromatic rings. The highest BCUT2D eigenvalue weighted by molar-refractivity contribution is 5.81. The molecule has 1 fully saturated rings. The molecule has 0 spiro atoms. The van der Waals surface area contributed by atoms with Crippen molar-refractivity contribution in [2.45, 2.75) is 38.5 Å². The molecule has 1 saturated carbocycles. The number of methoxy groups -OCH3 is 1. The predicted octanol–water partition coefficient (Wildman–Crippen LogP) is 3.30. The second-order valence-electron chi connectivity index (χ2n) is 5.22. The van der Waals surface area contributed by atoms with Gasteiger partial charge in [0, 0.05) is 30.0 Å². The number of carbonyl (C=O) groups is 1. The number of ether oxygens (including phenoxy) is 1. The third-order valence-electron chi connectivity index (χ3n) is 3.87. The van der Waals surface area contributed by atoms with Gasteiger partial charge in [-0.3, -0.25) is 14.9 Å². The molecule has 0 radical (unpaired) electrons. The molecule has 5 nitrogen and oxygen atoms in total. The van der Waals surface area contributed by atoms with E-state index in [4.69, 9.17) is 4.74 Å². The van der Waals surface area contributed by atoms with E-state index >= 15 is 0 Å². The number of rotatable bonds is 4. The van der Waals surface area contributed by atoms with Crippen molar-refractivity contribution in [2.24, 2.45) is 5.92 Å². The largest absolute Gasteiger partial charge is 0.496 e. The van der Waals surface area contributed by atoms with Crippen LogP contribution in [-0.2, 0) is 11.2 Å². The van der Waals surface area contributed by atoms with Crippen LogP contribution in [0.2, 0.25) is 0 Å². The highest BCUT2D eigenvalue weighted by Gasteiger charge is 2.23. The third-order valence-corrected chi connectivity index (χ3v) is 3.87. The first-order valence-corrected chi connectivity index (χ1v) is 6.96. The van der Waals surface area contributed by atoms with Gasteiger partial charge in [0.25, 0.3) is 5.69 Å². The summed E-state index contributed by atoms with van der Waals surface area (Å²) < 4.78 is 5.25. The van der Waals surface area contributed by atoms with Gasteiger partial charge in [0.1, 0.15) is 11.5 Å². The Hall–Kier alpha value is -1.91. The Labute approximate surface area is 118 Å². The van der Waals surface area contributed by atoms with Crippen molar-refractivity contribution in [3.05, 3.63) is 33.9 Å². The Morgan fingerprint density at radius 3 is 2.85 bits per heavy atom. The highest BCUT2D eigenvalue weighted by Crippen LogP contribution is 2.30. The first kappa shape index (κ1) is 14.5. The zero-order chi connectivity index (χ0) is 14.5. The number of Topliss-reactive ketones (excluding diaryl/α,β-unsaturated/α-hetero) is 1. The summed E-state index contributed by atoms with van der Waals surface area (Å²) in [7, 11) is 1.54. The maximum atomic E-state index is 12.1. The fourth-order valence-corrected chi connectivity index (χ4v) is 2.75. The average molecular weight is 277 g/mol. The molecule has 1 unspecified atom stereocenters. The van der Waals surface area contributed by atoms with Crippen molar-refractivity contribution in [3.8, 4) is 5.75 Å². The highest BCUT2D eigenvalue weighted by atomic mass is 16.6. The van der Waals surface area contributed by atoms with Gasteiger partial charge in [0.2, 0.25) is 0 Å². The molecule has 1 atom stereocenters. The molecule has 0 aliphatic heterocycles. The Morgan fingerprint density at radius 1 is 1.35 bits per heavy atom. The smallest absolute Gasteiger partial charge is 0.269 e. The summed E-state index contributed by atoms with van der Waals surface area (Å²) in [5, 5.41) is 10.9. The molecule has 0 N–H and O–H groups in total. The molecular weight excluding hydrogens is 258 g/mol. The molecule has 2 rings (SSSR count). The minimum atomic E-state index is -0.419. The molecule has 0 saturated heterocycles.